The second-order valence-electron chi connectivity index (χ2n) is 5.94. The first-order valence-corrected chi connectivity index (χ1v) is 8.19. The van der Waals surface area contributed by atoms with Crippen molar-refractivity contribution < 1.29 is 19.2 Å². The van der Waals surface area contributed by atoms with Crippen LogP contribution in [0.3, 0.4) is 0 Å². The molecule has 0 aromatic carbocycles. The predicted octanol–water partition coefficient (Wildman–Crippen LogP) is -1.24. The number of likely N-dealkylation sites (tertiary alicyclic amines) is 1. The molecule has 0 atom stereocenters. The van der Waals surface area contributed by atoms with Crippen LogP contribution in [0.25, 0.3) is 0 Å². The second-order valence-corrected chi connectivity index (χ2v) is 5.94. The topological polar surface area (TPSA) is 108 Å². The number of carbonyl (C=O) groups is 4. The Kier molecular flexibility index (Phi) is 6.52. The minimum Gasteiger partial charge on any atom is -0.348 e. The first-order chi connectivity index (χ1) is 11.1. The number of imide groups is 1. The van der Waals surface area contributed by atoms with Crippen LogP contribution in [0.15, 0.2) is 0 Å². The maximum Gasteiger partial charge on any atom is 0.315 e. The van der Waals surface area contributed by atoms with E-state index in [2.05, 4.69) is 16.0 Å². The van der Waals surface area contributed by atoms with Gasteiger partial charge in [0.05, 0.1) is 0 Å². The van der Waals surface area contributed by atoms with Crippen molar-refractivity contribution in [3.8, 4) is 0 Å². The van der Waals surface area contributed by atoms with Crippen molar-refractivity contribution in [3.63, 3.8) is 0 Å². The summed E-state index contributed by atoms with van der Waals surface area (Å²) in [5.41, 5.74) is 0. The van der Waals surface area contributed by atoms with Crippen LogP contribution in [0.4, 0.5) is 0 Å². The van der Waals surface area contributed by atoms with Crippen LogP contribution in [0.5, 0.6) is 0 Å². The van der Waals surface area contributed by atoms with E-state index < -0.39 is 11.8 Å². The summed E-state index contributed by atoms with van der Waals surface area (Å²) in [6, 6.07) is 0. The highest BCUT2D eigenvalue weighted by atomic mass is 16.2. The first-order valence-electron chi connectivity index (χ1n) is 8.19. The molecule has 0 saturated carbocycles. The van der Waals surface area contributed by atoms with Gasteiger partial charge in [0, 0.05) is 32.0 Å². The van der Waals surface area contributed by atoms with E-state index in [1.165, 1.54) is 0 Å². The third kappa shape index (κ3) is 5.31. The summed E-state index contributed by atoms with van der Waals surface area (Å²) >= 11 is 0. The molecule has 23 heavy (non-hydrogen) atoms. The van der Waals surface area contributed by atoms with Gasteiger partial charge in [0.1, 0.15) is 0 Å². The number of nitrogens with one attached hydrogen (secondary N) is 3. The fourth-order valence-corrected chi connectivity index (χ4v) is 2.85. The fourth-order valence-electron chi connectivity index (χ4n) is 2.85. The molecular weight excluding hydrogens is 300 g/mol. The zero-order valence-corrected chi connectivity index (χ0v) is 13.2. The quantitative estimate of drug-likeness (QED) is 0.433. The highest BCUT2D eigenvalue weighted by molar-refractivity contribution is 6.37. The van der Waals surface area contributed by atoms with Crippen molar-refractivity contribution in [1.82, 2.24) is 20.9 Å². The van der Waals surface area contributed by atoms with Crippen molar-refractivity contribution in [3.05, 3.63) is 0 Å². The number of nitrogens with zero attached hydrogens (tertiary/aromatic N) is 1. The molecule has 2 saturated heterocycles. The number of hydrogen-bond donors (Lipinski definition) is 3. The summed E-state index contributed by atoms with van der Waals surface area (Å²) in [6.45, 7) is 3.13. The standard InChI is InChI=1S/C15H24N4O4/c20-12-3-1-9-19(12)10-2-6-17-14(22)15(23)18-13(21)11-4-7-16-8-5-11/h11,16H,1-10H2,(H,17,22)(H,18,21,23). The Morgan fingerprint density at radius 3 is 2.57 bits per heavy atom. The molecule has 0 aliphatic carbocycles. The largest absolute Gasteiger partial charge is 0.348 e. The highest BCUT2D eigenvalue weighted by Gasteiger charge is 2.25. The lowest BCUT2D eigenvalue weighted by Gasteiger charge is -2.21. The lowest BCUT2D eigenvalue weighted by Crippen LogP contribution is -2.46. The van der Waals surface area contributed by atoms with Crippen LogP contribution in [0.1, 0.15) is 32.1 Å². The van der Waals surface area contributed by atoms with Gasteiger partial charge in [0.25, 0.3) is 0 Å². The Hall–Kier alpha value is -1.96. The van der Waals surface area contributed by atoms with Crippen molar-refractivity contribution in [2.24, 2.45) is 5.92 Å². The van der Waals surface area contributed by atoms with E-state index in [0.29, 0.717) is 38.8 Å². The Bertz CT molecular complexity index is 474. The van der Waals surface area contributed by atoms with Crippen molar-refractivity contribution >= 4 is 23.6 Å². The molecule has 0 unspecified atom stereocenters. The van der Waals surface area contributed by atoms with Gasteiger partial charge in [-0.15, -0.1) is 0 Å². The van der Waals surface area contributed by atoms with Gasteiger partial charge in [-0.1, -0.05) is 0 Å². The maximum absolute atomic E-state index is 11.9. The number of amides is 4. The summed E-state index contributed by atoms with van der Waals surface area (Å²) < 4.78 is 0. The minimum absolute atomic E-state index is 0.140. The molecule has 2 fully saturated rings. The lowest BCUT2D eigenvalue weighted by molar-refractivity contribution is -0.143. The fraction of sp³-hybridized carbons (Fsp3) is 0.733. The molecule has 128 valence electrons. The number of carbonyl (C=O) groups excluding carboxylic acids is 4. The Morgan fingerprint density at radius 2 is 1.91 bits per heavy atom. The third-order valence-corrected chi connectivity index (χ3v) is 4.21. The van der Waals surface area contributed by atoms with Crippen LogP contribution >= 0.6 is 0 Å². The molecule has 0 aromatic rings. The molecule has 8 nitrogen and oxygen atoms in total. The molecule has 0 radical (unpaired) electrons. The Morgan fingerprint density at radius 1 is 1.17 bits per heavy atom. The SMILES string of the molecule is O=C(NCCCN1CCCC1=O)C(=O)NC(=O)C1CCNCC1. The monoisotopic (exact) mass is 324 g/mol. The van der Waals surface area contributed by atoms with Gasteiger partial charge < -0.3 is 15.5 Å². The zero-order chi connectivity index (χ0) is 16.7. The average molecular weight is 324 g/mol. The van der Waals surface area contributed by atoms with E-state index in [9.17, 15) is 19.2 Å². The van der Waals surface area contributed by atoms with Crippen molar-refractivity contribution in [1.29, 1.82) is 0 Å². The molecular formula is C15H24N4O4. The van der Waals surface area contributed by atoms with Crippen molar-refractivity contribution in [2.75, 3.05) is 32.7 Å². The lowest BCUT2D eigenvalue weighted by atomic mass is 9.97. The van der Waals surface area contributed by atoms with Crippen LogP contribution in [0, 0.1) is 5.92 Å². The summed E-state index contributed by atoms with van der Waals surface area (Å²) in [4.78, 5) is 48.4. The minimum atomic E-state index is -0.911. The smallest absolute Gasteiger partial charge is 0.315 e. The molecule has 2 rings (SSSR count). The van der Waals surface area contributed by atoms with Crippen LogP contribution < -0.4 is 16.0 Å². The summed E-state index contributed by atoms with van der Waals surface area (Å²) in [5.74, 6) is -2.17. The molecule has 0 aromatic heterocycles. The summed E-state index contributed by atoms with van der Waals surface area (Å²) in [7, 11) is 0. The molecule has 4 amide bonds. The normalized spacial score (nSPS) is 18.8. The third-order valence-electron chi connectivity index (χ3n) is 4.21. The molecule has 2 aliphatic heterocycles. The first kappa shape index (κ1) is 17.4. The molecule has 0 bridgehead atoms. The summed E-state index contributed by atoms with van der Waals surface area (Å²) in [5, 5.41) is 7.77. The summed E-state index contributed by atoms with van der Waals surface area (Å²) in [6.07, 6.45) is 3.40. The molecule has 2 heterocycles. The molecule has 2 aliphatic rings. The predicted molar refractivity (Wildman–Crippen MR) is 82.2 cm³/mol. The van der Waals surface area contributed by atoms with E-state index in [1.54, 1.807) is 4.90 Å². The zero-order valence-electron chi connectivity index (χ0n) is 13.2. The van der Waals surface area contributed by atoms with E-state index >= 15 is 0 Å². The van der Waals surface area contributed by atoms with Crippen LogP contribution in [0.2, 0.25) is 0 Å². The average Bonchev–Trinajstić information content (AvgIpc) is 2.97. The van der Waals surface area contributed by atoms with E-state index in [-0.39, 0.29) is 17.7 Å². The van der Waals surface area contributed by atoms with E-state index in [1.807, 2.05) is 0 Å². The van der Waals surface area contributed by atoms with E-state index in [0.717, 1.165) is 26.1 Å². The molecule has 0 spiro atoms. The Labute approximate surface area is 135 Å². The van der Waals surface area contributed by atoms with Gasteiger partial charge in [-0.2, -0.15) is 0 Å². The van der Waals surface area contributed by atoms with Crippen LogP contribution in [-0.2, 0) is 19.2 Å². The number of hydrogen-bond acceptors (Lipinski definition) is 5. The maximum atomic E-state index is 11.9. The van der Waals surface area contributed by atoms with Gasteiger partial charge in [-0.05, 0) is 38.8 Å². The Balaban J connectivity index is 1.61. The van der Waals surface area contributed by atoms with Gasteiger partial charge in [-0.25, -0.2) is 0 Å². The number of rotatable bonds is 5. The van der Waals surface area contributed by atoms with Gasteiger partial charge in [-0.3, -0.25) is 24.5 Å². The molecule has 8 heteroatoms. The van der Waals surface area contributed by atoms with Gasteiger partial charge >= 0.3 is 11.8 Å². The van der Waals surface area contributed by atoms with Crippen molar-refractivity contribution in [2.45, 2.75) is 32.1 Å². The second kappa shape index (κ2) is 8.61. The van der Waals surface area contributed by atoms with Crippen LogP contribution in [-0.4, -0.2) is 61.3 Å². The van der Waals surface area contributed by atoms with Gasteiger partial charge in [0.2, 0.25) is 11.8 Å². The van der Waals surface area contributed by atoms with E-state index in [4.69, 9.17) is 0 Å². The number of piperidine rings is 1. The molecule has 3 N–H and O–H groups in total. The highest BCUT2D eigenvalue weighted by Crippen LogP contribution is 2.11. The van der Waals surface area contributed by atoms with Gasteiger partial charge in [0.15, 0.2) is 0 Å².